The Hall–Kier alpha value is -1.15. The molecule has 0 unspecified atom stereocenters. The van der Waals surface area contributed by atoms with E-state index in [4.69, 9.17) is 5.73 Å². The molecule has 2 heteroatoms. The van der Waals surface area contributed by atoms with Crippen molar-refractivity contribution in [1.82, 2.24) is 0 Å². The van der Waals surface area contributed by atoms with E-state index in [9.17, 15) is 4.79 Å². The van der Waals surface area contributed by atoms with Crippen LogP contribution >= 0.6 is 0 Å². The molecule has 15 heavy (non-hydrogen) atoms. The summed E-state index contributed by atoms with van der Waals surface area (Å²) in [5, 5.41) is 0. The molecule has 0 aromatic heterocycles. The summed E-state index contributed by atoms with van der Waals surface area (Å²) in [6.45, 7) is 6.89. The first-order valence-electron chi connectivity index (χ1n) is 5.29. The van der Waals surface area contributed by atoms with Crippen LogP contribution in [-0.2, 0) is 5.41 Å². The lowest BCUT2D eigenvalue weighted by Gasteiger charge is -2.18. The topological polar surface area (TPSA) is 43.1 Å². The molecule has 1 rings (SSSR count). The SMILES string of the molecule is CC(C)(C)c1ccc(C(=O)CCN)cc1. The van der Waals surface area contributed by atoms with Crippen LogP contribution in [0.3, 0.4) is 0 Å². The van der Waals surface area contributed by atoms with Gasteiger partial charge in [0.2, 0.25) is 0 Å². The number of Topliss-reactive ketones (excluding diaryl/α,β-unsaturated/α-hetero) is 1. The van der Waals surface area contributed by atoms with E-state index in [-0.39, 0.29) is 11.2 Å². The first kappa shape index (κ1) is 11.9. The average Bonchev–Trinajstić information content (AvgIpc) is 2.17. The molecular weight excluding hydrogens is 186 g/mol. The van der Waals surface area contributed by atoms with E-state index in [1.807, 2.05) is 24.3 Å². The maximum absolute atomic E-state index is 11.5. The van der Waals surface area contributed by atoms with E-state index in [0.717, 1.165) is 5.56 Å². The molecule has 1 aromatic rings. The van der Waals surface area contributed by atoms with Crippen LogP contribution in [0.2, 0.25) is 0 Å². The van der Waals surface area contributed by atoms with E-state index in [1.54, 1.807) is 0 Å². The van der Waals surface area contributed by atoms with Crippen molar-refractivity contribution in [3.8, 4) is 0 Å². The average molecular weight is 205 g/mol. The fourth-order valence-corrected chi connectivity index (χ4v) is 1.43. The molecule has 82 valence electrons. The number of carbonyl (C=O) groups excluding carboxylic acids is 1. The van der Waals surface area contributed by atoms with Gasteiger partial charge in [0.05, 0.1) is 0 Å². The minimum Gasteiger partial charge on any atom is -0.330 e. The Labute approximate surface area is 91.5 Å². The van der Waals surface area contributed by atoms with E-state index in [0.29, 0.717) is 13.0 Å². The maximum Gasteiger partial charge on any atom is 0.164 e. The Balaban J connectivity index is 2.86. The standard InChI is InChI=1S/C13H19NO/c1-13(2,3)11-6-4-10(5-7-11)12(15)8-9-14/h4-7H,8-9,14H2,1-3H3. The van der Waals surface area contributed by atoms with Gasteiger partial charge in [-0.3, -0.25) is 4.79 Å². The van der Waals surface area contributed by atoms with Gasteiger partial charge in [-0.25, -0.2) is 0 Å². The highest BCUT2D eigenvalue weighted by Gasteiger charge is 2.13. The van der Waals surface area contributed by atoms with E-state index in [1.165, 1.54) is 5.56 Å². The summed E-state index contributed by atoms with van der Waals surface area (Å²) in [6, 6.07) is 7.81. The first-order chi connectivity index (χ1) is 6.95. The maximum atomic E-state index is 11.5. The largest absolute Gasteiger partial charge is 0.330 e. The van der Waals surface area contributed by atoms with Crippen LogP contribution in [0, 0.1) is 0 Å². The number of benzene rings is 1. The zero-order valence-corrected chi connectivity index (χ0v) is 9.71. The van der Waals surface area contributed by atoms with Crippen LogP contribution < -0.4 is 5.73 Å². The summed E-state index contributed by atoms with van der Waals surface area (Å²) >= 11 is 0. The molecule has 0 atom stereocenters. The number of carbonyl (C=O) groups is 1. The van der Waals surface area contributed by atoms with Crippen LogP contribution in [0.25, 0.3) is 0 Å². The molecule has 0 aliphatic rings. The van der Waals surface area contributed by atoms with Crippen LogP contribution in [0.4, 0.5) is 0 Å². The van der Waals surface area contributed by atoms with Crippen molar-refractivity contribution >= 4 is 5.78 Å². The Morgan fingerprint density at radius 1 is 1.20 bits per heavy atom. The van der Waals surface area contributed by atoms with Crippen LogP contribution in [-0.4, -0.2) is 12.3 Å². The molecule has 1 aromatic carbocycles. The highest BCUT2D eigenvalue weighted by atomic mass is 16.1. The normalized spacial score (nSPS) is 11.5. The van der Waals surface area contributed by atoms with Gasteiger partial charge in [-0.1, -0.05) is 45.0 Å². The zero-order chi connectivity index (χ0) is 11.5. The van der Waals surface area contributed by atoms with Gasteiger partial charge in [-0.15, -0.1) is 0 Å². The van der Waals surface area contributed by atoms with Crippen LogP contribution in [0.15, 0.2) is 24.3 Å². The molecule has 0 aliphatic heterocycles. The number of rotatable bonds is 3. The predicted octanol–water partition coefficient (Wildman–Crippen LogP) is 2.52. The van der Waals surface area contributed by atoms with Gasteiger partial charge >= 0.3 is 0 Å². The second kappa shape index (κ2) is 4.58. The summed E-state index contributed by atoms with van der Waals surface area (Å²) in [5.41, 5.74) is 7.48. The second-order valence-electron chi connectivity index (χ2n) is 4.79. The molecule has 0 spiro atoms. The quantitative estimate of drug-likeness (QED) is 0.770. The van der Waals surface area contributed by atoms with E-state index >= 15 is 0 Å². The summed E-state index contributed by atoms with van der Waals surface area (Å²) in [5.74, 6) is 0.123. The van der Waals surface area contributed by atoms with Crippen LogP contribution in [0.5, 0.6) is 0 Å². The molecule has 2 nitrogen and oxygen atoms in total. The smallest absolute Gasteiger partial charge is 0.164 e. The van der Waals surface area contributed by atoms with Gasteiger partial charge in [-0.2, -0.15) is 0 Å². The van der Waals surface area contributed by atoms with Crippen molar-refractivity contribution in [2.75, 3.05) is 6.54 Å². The summed E-state index contributed by atoms with van der Waals surface area (Å²) < 4.78 is 0. The summed E-state index contributed by atoms with van der Waals surface area (Å²) in [4.78, 5) is 11.5. The van der Waals surface area contributed by atoms with Gasteiger partial charge in [0.15, 0.2) is 5.78 Å². The highest BCUT2D eigenvalue weighted by Crippen LogP contribution is 2.22. The van der Waals surface area contributed by atoms with E-state index < -0.39 is 0 Å². The summed E-state index contributed by atoms with van der Waals surface area (Å²) in [7, 11) is 0. The fourth-order valence-electron chi connectivity index (χ4n) is 1.43. The van der Waals surface area contributed by atoms with Crippen LogP contribution in [0.1, 0.15) is 43.1 Å². The minimum absolute atomic E-state index is 0.123. The molecule has 0 aliphatic carbocycles. The van der Waals surface area contributed by atoms with Gasteiger partial charge < -0.3 is 5.73 Å². The second-order valence-corrected chi connectivity index (χ2v) is 4.79. The monoisotopic (exact) mass is 205 g/mol. The zero-order valence-electron chi connectivity index (χ0n) is 9.71. The lowest BCUT2D eigenvalue weighted by atomic mass is 9.86. The van der Waals surface area contributed by atoms with E-state index in [2.05, 4.69) is 20.8 Å². The molecule has 0 amide bonds. The minimum atomic E-state index is 0.123. The number of hydrogen-bond acceptors (Lipinski definition) is 2. The van der Waals surface area contributed by atoms with Gasteiger partial charge in [0.1, 0.15) is 0 Å². The number of nitrogens with two attached hydrogens (primary N) is 1. The van der Waals surface area contributed by atoms with Crippen molar-refractivity contribution in [1.29, 1.82) is 0 Å². The predicted molar refractivity (Wildman–Crippen MR) is 63.1 cm³/mol. The number of ketones is 1. The van der Waals surface area contributed by atoms with Crippen molar-refractivity contribution in [2.45, 2.75) is 32.6 Å². The Morgan fingerprint density at radius 3 is 2.13 bits per heavy atom. The molecule has 0 saturated carbocycles. The fraction of sp³-hybridized carbons (Fsp3) is 0.462. The lowest BCUT2D eigenvalue weighted by Crippen LogP contribution is -2.12. The molecule has 0 fully saturated rings. The third-order valence-electron chi connectivity index (χ3n) is 2.44. The Bertz CT molecular complexity index is 333. The third kappa shape index (κ3) is 3.17. The van der Waals surface area contributed by atoms with Gasteiger partial charge in [0.25, 0.3) is 0 Å². The lowest BCUT2D eigenvalue weighted by molar-refractivity contribution is 0.0985. The van der Waals surface area contributed by atoms with Gasteiger partial charge in [0, 0.05) is 12.0 Å². The molecule has 0 saturated heterocycles. The molecule has 0 bridgehead atoms. The molecule has 0 radical (unpaired) electrons. The first-order valence-corrected chi connectivity index (χ1v) is 5.29. The summed E-state index contributed by atoms with van der Waals surface area (Å²) in [6.07, 6.45) is 0.425. The Kier molecular flexibility index (Phi) is 3.64. The van der Waals surface area contributed by atoms with Crippen molar-refractivity contribution < 1.29 is 4.79 Å². The molecule has 0 heterocycles. The van der Waals surface area contributed by atoms with Crippen molar-refractivity contribution in [3.05, 3.63) is 35.4 Å². The van der Waals surface area contributed by atoms with Crippen molar-refractivity contribution in [3.63, 3.8) is 0 Å². The Morgan fingerprint density at radius 2 is 1.73 bits per heavy atom. The molecule has 2 N–H and O–H groups in total. The number of hydrogen-bond donors (Lipinski definition) is 1. The molecular formula is C13H19NO. The van der Waals surface area contributed by atoms with Crippen molar-refractivity contribution in [2.24, 2.45) is 5.73 Å². The third-order valence-corrected chi connectivity index (χ3v) is 2.44. The highest BCUT2D eigenvalue weighted by molar-refractivity contribution is 5.96. The van der Waals surface area contributed by atoms with Gasteiger partial charge in [-0.05, 0) is 17.5 Å².